The number of aryl methyl sites for hydroxylation is 1. The molecule has 5 rings (SSSR count). The molecule has 0 spiro atoms. The van der Waals surface area contributed by atoms with Crippen molar-refractivity contribution in [3.8, 4) is 5.75 Å². The van der Waals surface area contributed by atoms with Crippen molar-refractivity contribution >= 4 is 5.91 Å². The van der Waals surface area contributed by atoms with E-state index < -0.39 is 5.60 Å². The van der Waals surface area contributed by atoms with Crippen molar-refractivity contribution in [3.63, 3.8) is 0 Å². The van der Waals surface area contributed by atoms with Crippen molar-refractivity contribution in [1.82, 2.24) is 5.32 Å². The van der Waals surface area contributed by atoms with Crippen molar-refractivity contribution in [2.75, 3.05) is 6.54 Å². The Hall–Kier alpha value is -1.55. The van der Waals surface area contributed by atoms with Gasteiger partial charge in [-0.1, -0.05) is 25.5 Å². The molecule has 0 saturated heterocycles. The molecule has 0 radical (unpaired) electrons. The molecule has 4 nitrogen and oxygen atoms in total. The molecule has 1 aromatic carbocycles. The van der Waals surface area contributed by atoms with E-state index in [1.807, 2.05) is 12.1 Å². The normalized spacial score (nSPS) is 37.7. The van der Waals surface area contributed by atoms with Gasteiger partial charge in [-0.05, 0) is 80.4 Å². The van der Waals surface area contributed by atoms with E-state index in [2.05, 4.69) is 12.2 Å². The van der Waals surface area contributed by atoms with Crippen molar-refractivity contribution < 1.29 is 15.0 Å². The number of phenolic OH excluding ortho intramolecular Hbond substituents is 1. The smallest absolute Gasteiger partial charge is 0.226 e. The van der Waals surface area contributed by atoms with E-state index in [-0.39, 0.29) is 22.5 Å². The van der Waals surface area contributed by atoms with Gasteiger partial charge in [-0.3, -0.25) is 4.79 Å². The quantitative estimate of drug-likeness (QED) is 0.682. The van der Waals surface area contributed by atoms with Crippen LogP contribution in [0.15, 0.2) is 24.3 Å². The molecule has 1 aromatic rings. The molecule has 26 heavy (non-hydrogen) atoms. The number of carbonyl (C=O) groups is 1. The lowest BCUT2D eigenvalue weighted by molar-refractivity contribution is -0.204. The van der Waals surface area contributed by atoms with E-state index in [0.29, 0.717) is 18.9 Å². The van der Waals surface area contributed by atoms with Crippen molar-refractivity contribution in [2.45, 2.75) is 70.3 Å². The highest BCUT2D eigenvalue weighted by molar-refractivity contribution is 5.83. The summed E-state index contributed by atoms with van der Waals surface area (Å²) in [5.41, 5.74) is 0.394. The summed E-state index contributed by atoms with van der Waals surface area (Å²) in [6.45, 7) is 2.89. The zero-order valence-electron chi connectivity index (χ0n) is 15.8. The minimum atomic E-state index is -0.612. The van der Waals surface area contributed by atoms with Crippen LogP contribution in [0.25, 0.3) is 0 Å². The Balaban J connectivity index is 1.36. The second-order valence-corrected chi connectivity index (χ2v) is 9.39. The number of carbonyl (C=O) groups excluding carboxylic acids is 1. The third-order valence-corrected chi connectivity index (χ3v) is 7.25. The zero-order valence-corrected chi connectivity index (χ0v) is 15.8. The van der Waals surface area contributed by atoms with Gasteiger partial charge in [0.1, 0.15) is 5.75 Å². The highest BCUT2D eigenvalue weighted by Crippen LogP contribution is 2.67. The van der Waals surface area contributed by atoms with Crippen LogP contribution >= 0.6 is 0 Å². The average molecular weight is 357 g/mol. The van der Waals surface area contributed by atoms with E-state index in [9.17, 15) is 15.0 Å². The molecule has 0 aromatic heterocycles. The first-order valence-electron chi connectivity index (χ1n) is 10.1. The van der Waals surface area contributed by atoms with Gasteiger partial charge < -0.3 is 15.5 Å². The molecule has 142 valence electrons. The molecular formula is C22H31NO3. The summed E-state index contributed by atoms with van der Waals surface area (Å²) < 4.78 is 0. The molecule has 4 saturated carbocycles. The highest BCUT2D eigenvalue weighted by Gasteiger charge is 2.64. The zero-order chi connectivity index (χ0) is 18.4. The van der Waals surface area contributed by atoms with Crippen LogP contribution in [0.4, 0.5) is 0 Å². The SMILES string of the molecule is CC[C@]12C[C@H]3C[C@@](O)(C1)C[C@@](C(=O)NCCCc1ccc(O)cc1)(C3)C2. The number of hydrogen-bond acceptors (Lipinski definition) is 3. The van der Waals surface area contributed by atoms with Crippen LogP contribution in [0.1, 0.15) is 63.9 Å². The van der Waals surface area contributed by atoms with Crippen LogP contribution in [-0.2, 0) is 11.2 Å². The van der Waals surface area contributed by atoms with Crippen LogP contribution in [0.2, 0.25) is 0 Å². The molecule has 3 N–H and O–H groups in total. The van der Waals surface area contributed by atoms with Gasteiger partial charge in [-0.25, -0.2) is 0 Å². The minimum absolute atomic E-state index is 0.170. The molecular weight excluding hydrogens is 326 g/mol. The molecule has 4 fully saturated rings. The number of rotatable bonds is 6. The topological polar surface area (TPSA) is 69.6 Å². The lowest BCUT2D eigenvalue weighted by Crippen LogP contribution is -2.63. The summed E-state index contributed by atoms with van der Waals surface area (Å²) in [6.07, 6.45) is 8.40. The number of phenols is 1. The molecule has 0 unspecified atom stereocenters. The summed E-state index contributed by atoms with van der Waals surface area (Å²) in [4.78, 5) is 13.1. The van der Waals surface area contributed by atoms with Gasteiger partial charge in [-0.2, -0.15) is 0 Å². The molecule has 4 bridgehead atoms. The van der Waals surface area contributed by atoms with Crippen LogP contribution in [0.5, 0.6) is 5.75 Å². The maximum atomic E-state index is 13.1. The van der Waals surface area contributed by atoms with Crippen molar-refractivity contribution in [3.05, 3.63) is 29.8 Å². The van der Waals surface area contributed by atoms with E-state index in [1.165, 1.54) is 12.0 Å². The fourth-order valence-corrected chi connectivity index (χ4v) is 6.58. The molecule has 0 heterocycles. The maximum absolute atomic E-state index is 13.1. The third kappa shape index (κ3) is 3.13. The van der Waals surface area contributed by atoms with Gasteiger partial charge in [0.2, 0.25) is 5.91 Å². The summed E-state index contributed by atoms with van der Waals surface area (Å²) in [5.74, 6) is 0.967. The molecule has 4 aliphatic carbocycles. The molecule has 4 heteroatoms. The fourth-order valence-electron chi connectivity index (χ4n) is 6.58. The molecule has 0 aliphatic heterocycles. The lowest BCUT2D eigenvalue weighted by Gasteiger charge is -2.64. The number of benzene rings is 1. The number of aliphatic hydroxyl groups is 1. The number of nitrogens with one attached hydrogen (secondary N) is 1. The first-order chi connectivity index (χ1) is 12.4. The Kier molecular flexibility index (Phi) is 4.30. The minimum Gasteiger partial charge on any atom is -0.508 e. The number of aromatic hydroxyl groups is 1. The summed E-state index contributed by atoms with van der Waals surface area (Å²) in [5, 5.41) is 23.6. The predicted molar refractivity (Wildman–Crippen MR) is 101 cm³/mol. The Bertz CT molecular complexity index is 687. The standard InChI is InChI=1S/C22H31NO3/c1-2-20-10-17-11-21(13-20,15-22(26,12-17)14-20)19(25)23-9-3-4-16-5-7-18(24)8-6-16/h5-8,17,24,26H,2-4,9-15H2,1H3,(H,23,25)/t17-,20-,21-,22-/m1/s1. The highest BCUT2D eigenvalue weighted by atomic mass is 16.3. The second-order valence-electron chi connectivity index (χ2n) is 9.39. The van der Waals surface area contributed by atoms with Crippen LogP contribution in [0, 0.1) is 16.7 Å². The molecule has 1 amide bonds. The number of amides is 1. The van der Waals surface area contributed by atoms with Gasteiger partial charge in [0.05, 0.1) is 11.0 Å². The Morgan fingerprint density at radius 3 is 2.62 bits per heavy atom. The largest absolute Gasteiger partial charge is 0.508 e. The maximum Gasteiger partial charge on any atom is 0.226 e. The Morgan fingerprint density at radius 2 is 1.92 bits per heavy atom. The first kappa shape index (κ1) is 17.8. The van der Waals surface area contributed by atoms with E-state index >= 15 is 0 Å². The van der Waals surface area contributed by atoms with Crippen molar-refractivity contribution in [2.24, 2.45) is 16.7 Å². The van der Waals surface area contributed by atoms with E-state index in [0.717, 1.165) is 44.9 Å². The van der Waals surface area contributed by atoms with E-state index in [1.54, 1.807) is 12.1 Å². The monoisotopic (exact) mass is 357 g/mol. The van der Waals surface area contributed by atoms with Crippen LogP contribution in [-0.4, -0.2) is 28.3 Å². The van der Waals surface area contributed by atoms with Crippen LogP contribution in [0.3, 0.4) is 0 Å². The van der Waals surface area contributed by atoms with Gasteiger partial charge in [0, 0.05) is 6.54 Å². The van der Waals surface area contributed by atoms with Crippen LogP contribution < -0.4 is 5.32 Å². The summed E-state index contributed by atoms with van der Waals surface area (Å²) in [6, 6.07) is 7.26. The summed E-state index contributed by atoms with van der Waals surface area (Å²) in [7, 11) is 0. The summed E-state index contributed by atoms with van der Waals surface area (Å²) >= 11 is 0. The first-order valence-corrected chi connectivity index (χ1v) is 10.1. The fraction of sp³-hybridized carbons (Fsp3) is 0.682. The Labute approximate surface area is 156 Å². The van der Waals surface area contributed by atoms with E-state index in [4.69, 9.17) is 0 Å². The number of hydrogen-bond donors (Lipinski definition) is 3. The van der Waals surface area contributed by atoms with Gasteiger partial charge in [0.25, 0.3) is 0 Å². The van der Waals surface area contributed by atoms with Gasteiger partial charge >= 0.3 is 0 Å². The van der Waals surface area contributed by atoms with Gasteiger partial charge in [0.15, 0.2) is 0 Å². The molecule has 4 aliphatic rings. The lowest BCUT2D eigenvalue weighted by atomic mass is 9.42. The Morgan fingerprint density at radius 1 is 1.15 bits per heavy atom. The third-order valence-electron chi connectivity index (χ3n) is 7.25. The van der Waals surface area contributed by atoms with Gasteiger partial charge in [-0.15, -0.1) is 0 Å². The average Bonchev–Trinajstić information content (AvgIpc) is 2.58. The van der Waals surface area contributed by atoms with Crippen molar-refractivity contribution in [1.29, 1.82) is 0 Å². The molecule has 4 atom stereocenters. The second kappa shape index (κ2) is 6.26. The predicted octanol–water partition coefficient (Wildman–Crippen LogP) is 3.55.